The van der Waals surface area contributed by atoms with Gasteiger partial charge in [-0.2, -0.15) is 0 Å². The minimum atomic E-state index is -0.389. The normalized spacial score (nSPS) is 20.4. The molecule has 1 aliphatic heterocycles. The van der Waals surface area contributed by atoms with Crippen molar-refractivity contribution in [3.05, 3.63) is 27.0 Å². The molecule has 0 unspecified atom stereocenters. The van der Waals surface area contributed by atoms with E-state index in [1.165, 1.54) is 6.20 Å². The summed E-state index contributed by atoms with van der Waals surface area (Å²) in [6.07, 6.45) is 2.89. The minimum absolute atomic E-state index is 0.0495. The van der Waals surface area contributed by atoms with E-state index in [2.05, 4.69) is 33.2 Å². The lowest BCUT2D eigenvalue weighted by Crippen LogP contribution is -2.49. The van der Waals surface area contributed by atoms with Gasteiger partial charge in [-0.1, -0.05) is 0 Å². The molecule has 0 bridgehead atoms. The number of rotatable bonds is 2. The second-order valence-electron chi connectivity index (χ2n) is 4.05. The van der Waals surface area contributed by atoms with Crippen LogP contribution in [0.5, 0.6) is 0 Å². The van der Waals surface area contributed by atoms with Crippen LogP contribution in [-0.4, -0.2) is 35.6 Å². The van der Waals surface area contributed by atoms with E-state index in [0.717, 1.165) is 19.6 Å². The van der Waals surface area contributed by atoms with Gasteiger partial charge in [-0.3, -0.25) is 15.1 Å². The summed E-state index contributed by atoms with van der Waals surface area (Å²) in [6.45, 7) is 4.40. The average molecular weight is 301 g/mol. The molecule has 2 rings (SSSR count). The zero-order valence-electron chi connectivity index (χ0n) is 9.39. The topological polar surface area (TPSA) is 71.3 Å². The number of pyridine rings is 1. The predicted octanol–water partition coefficient (Wildman–Crippen LogP) is 1.55. The zero-order chi connectivity index (χ0) is 12.4. The van der Waals surface area contributed by atoms with E-state index in [-0.39, 0.29) is 10.6 Å². The number of nitrogens with zero attached hydrogens (tertiary/aromatic N) is 3. The summed E-state index contributed by atoms with van der Waals surface area (Å²) >= 11 is 3.34. The van der Waals surface area contributed by atoms with Gasteiger partial charge >= 0.3 is 5.69 Å². The number of aromatic nitrogens is 1. The fraction of sp³-hybridized carbons (Fsp3) is 0.500. The summed E-state index contributed by atoms with van der Waals surface area (Å²) in [5.41, 5.74) is 0.673. The predicted molar refractivity (Wildman–Crippen MR) is 68.3 cm³/mol. The van der Waals surface area contributed by atoms with Crippen LogP contribution in [0.25, 0.3) is 0 Å². The molecule has 1 aromatic rings. The standard InChI is InChI=1S/C10H13BrN4O2/c1-7-6-14(3-2-13-7)10-8(11)4-12-5-9(10)15(16)17/h4-5,7,13H,2-3,6H2,1H3/t7-/m0/s1. The molecule has 17 heavy (non-hydrogen) atoms. The summed E-state index contributed by atoms with van der Waals surface area (Å²) in [7, 11) is 0. The van der Waals surface area contributed by atoms with Crippen molar-refractivity contribution in [2.75, 3.05) is 24.5 Å². The molecule has 0 radical (unpaired) electrons. The van der Waals surface area contributed by atoms with E-state index >= 15 is 0 Å². The van der Waals surface area contributed by atoms with Crippen molar-refractivity contribution in [1.82, 2.24) is 10.3 Å². The number of nitro groups is 1. The van der Waals surface area contributed by atoms with Crippen LogP contribution in [0.2, 0.25) is 0 Å². The van der Waals surface area contributed by atoms with Crippen LogP contribution in [0, 0.1) is 10.1 Å². The van der Waals surface area contributed by atoms with Crippen LogP contribution in [0.1, 0.15) is 6.92 Å². The monoisotopic (exact) mass is 300 g/mol. The maximum Gasteiger partial charge on any atom is 0.311 e. The van der Waals surface area contributed by atoms with Crippen molar-refractivity contribution in [2.45, 2.75) is 13.0 Å². The van der Waals surface area contributed by atoms with Crippen molar-refractivity contribution in [3.8, 4) is 0 Å². The molecule has 0 saturated carbocycles. The van der Waals surface area contributed by atoms with E-state index < -0.39 is 0 Å². The third-order valence-corrected chi connectivity index (χ3v) is 3.32. The molecule has 0 amide bonds. The fourth-order valence-corrected chi connectivity index (χ4v) is 2.57. The molecule has 0 spiro atoms. The lowest BCUT2D eigenvalue weighted by Gasteiger charge is -2.33. The van der Waals surface area contributed by atoms with Gasteiger partial charge in [-0.15, -0.1) is 0 Å². The second-order valence-corrected chi connectivity index (χ2v) is 4.90. The molecule has 0 aliphatic carbocycles. The summed E-state index contributed by atoms with van der Waals surface area (Å²) < 4.78 is 0.667. The maximum atomic E-state index is 11.0. The van der Waals surface area contributed by atoms with Gasteiger partial charge < -0.3 is 10.2 Å². The third kappa shape index (κ3) is 2.55. The van der Waals surface area contributed by atoms with Crippen LogP contribution in [-0.2, 0) is 0 Å². The molecular formula is C10H13BrN4O2. The molecule has 1 saturated heterocycles. The Balaban J connectivity index is 2.39. The molecule has 1 aromatic heterocycles. The van der Waals surface area contributed by atoms with Crippen LogP contribution in [0.15, 0.2) is 16.9 Å². The summed E-state index contributed by atoms with van der Waals surface area (Å²) in [4.78, 5) is 16.5. The molecule has 1 fully saturated rings. The molecule has 0 aromatic carbocycles. The van der Waals surface area contributed by atoms with E-state index in [9.17, 15) is 10.1 Å². The second kappa shape index (κ2) is 4.97. The first kappa shape index (κ1) is 12.3. The van der Waals surface area contributed by atoms with Gasteiger partial charge in [0.1, 0.15) is 11.9 Å². The molecule has 7 heteroatoms. The van der Waals surface area contributed by atoms with Crippen LogP contribution < -0.4 is 10.2 Å². The average Bonchev–Trinajstić information content (AvgIpc) is 2.28. The van der Waals surface area contributed by atoms with Gasteiger partial charge in [-0.25, -0.2) is 0 Å². The van der Waals surface area contributed by atoms with E-state index in [4.69, 9.17) is 0 Å². The Hall–Kier alpha value is -1.21. The van der Waals surface area contributed by atoms with Crippen LogP contribution >= 0.6 is 15.9 Å². The van der Waals surface area contributed by atoms with Crippen molar-refractivity contribution in [1.29, 1.82) is 0 Å². The largest absolute Gasteiger partial charge is 0.362 e. The van der Waals surface area contributed by atoms with Crippen molar-refractivity contribution < 1.29 is 4.92 Å². The number of hydrogen-bond acceptors (Lipinski definition) is 5. The molecule has 6 nitrogen and oxygen atoms in total. The lowest BCUT2D eigenvalue weighted by molar-refractivity contribution is -0.384. The first-order chi connectivity index (χ1) is 8.09. The van der Waals surface area contributed by atoms with Crippen LogP contribution in [0.3, 0.4) is 0 Å². The smallest absolute Gasteiger partial charge is 0.311 e. The van der Waals surface area contributed by atoms with Crippen molar-refractivity contribution >= 4 is 27.3 Å². The molecule has 1 atom stereocenters. The number of anilines is 1. The van der Waals surface area contributed by atoms with E-state index in [1.54, 1.807) is 6.20 Å². The molecule has 92 valence electrons. The van der Waals surface area contributed by atoms with Crippen LogP contribution in [0.4, 0.5) is 11.4 Å². The van der Waals surface area contributed by atoms with Gasteiger partial charge in [-0.05, 0) is 22.9 Å². The van der Waals surface area contributed by atoms with Gasteiger partial charge in [0.15, 0.2) is 0 Å². The summed E-state index contributed by atoms with van der Waals surface area (Å²) in [6, 6.07) is 0.323. The van der Waals surface area contributed by atoms with Crippen molar-refractivity contribution in [3.63, 3.8) is 0 Å². The highest BCUT2D eigenvalue weighted by molar-refractivity contribution is 9.10. The van der Waals surface area contributed by atoms with E-state index in [0.29, 0.717) is 16.2 Å². The van der Waals surface area contributed by atoms with Gasteiger partial charge in [0.2, 0.25) is 0 Å². The number of piperazine rings is 1. The Morgan fingerprint density at radius 2 is 2.41 bits per heavy atom. The number of halogens is 1. The fourth-order valence-electron chi connectivity index (χ4n) is 2.00. The summed E-state index contributed by atoms with van der Waals surface area (Å²) in [5.74, 6) is 0. The Kier molecular flexibility index (Phi) is 3.58. The molecule has 1 aliphatic rings. The quantitative estimate of drug-likeness (QED) is 0.663. The summed E-state index contributed by atoms with van der Waals surface area (Å²) in [5, 5.41) is 14.3. The Morgan fingerprint density at radius 1 is 1.65 bits per heavy atom. The highest BCUT2D eigenvalue weighted by atomic mass is 79.9. The first-order valence-electron chi connectivity index (χ1n) is 5.36. The third-order valence-electron chi connectivity index (χ3n) is 2.74. The number of nitrogens with one attached hydrogen (secondary N) is 1. The highest BCUT2D eigenvalue weighted by Gasteiger charge is 2.26. The minimum Gasteiger partial charge on any atom is -0.362 e. The Morgan fingerprint density at radius 3 is 3.06 bits per heavy atom. The zero-order valence-corrected chi connectivity index (χ0v) is 11.0. The molecule has 2 heterocycles. The lowest BCUT2D eigenvalue weighted by atomic mass is 10.2. The Labute approximate surface area is 107 Å². The van der Waals surface area contributed by atoms with Gasteiger partial charge in [0.25, 0.3) is 0 Å². The van der Waals surface area contributed by atoms with Gasteiger partial charge in [0, 0.05) is 31.9 Å². The maximum absolute atomic E-state index is 11.0. The Bertz CT molecular complexity index is 440. The SMILES string of the molecule is C[C@H]1CN(c2c(Br)cncc2[N+](=O)[O-])CCN1. The number of hydrogen-bond donors (Lipinski definition) is 1. The highest BCUT2D eigenvalue weighted by Crippen LogP contribution is 2.34. The van der Waals surface area contributed by atoms with E-state index in [1.807, 2.05) is 4.90 Å². The van der Waals surface area contributed by atoms with Gasteiger partial charge in [0.05, 0.1) is 9.40 Å². The van der Waals surface area contributed by atoms with Crippen molar-refractivity contribution in [2.24, 2.45) is 0 Å². The first-order valence-corrected chi connectivity index (χ1v) is 6.15. The molecular weight excluding hydrogens is 288 g/mol. The molecule has 1 N–H and O–H groups in total.